The highest BCUT2D eigenvalue weighted by Gasteiger charge is 2.34. The maximum atomic E-state index is 13.2. The van der Waals surface area contributed by atoms with Crippen LogP contribution >= 0.6 is 0 Å². The largest absolute Gasteiger partial charge is 0.507 e. The molecule has 2 aliphatic heterocycles. The number of fused-ring (bicyclic) bond motifs is 2. The Labute approximate surface area is 205 Å². The standard InChI is InChI=1S/C25H23NO10/c1-12-6-16(27)21(25(29)36-12)14(9-20(28)26-13-4-5-17-18(7-13)33-10-32-17)15-8-19(30-2)23-24(22(15)31-3)35-11-34-23/h4-8,14,27H,9-11H2,1-3H3,(H,26,28)/t14-/m1/s1. The first-order chi connectivity index (χ1) is 17.4. The van der Waals surface area contributed by atoms with Gasteiger partial charge in [-0.15, -0.1) is 0 Å². The zero-order chi connectivity index (χ0) is 25.4. The summed E-state index contributed by atoms with van der Waals surface area (Å²) < 4.78 is 38.1. The topological polar surface area (TPSA) is 135 Å². The second-order valence-corrected chi connectivity index (χ2v) is 8.08. The SMILES string of the molecule is COc1cc([C@@H](CC(=O)Nc2ccc3c(c2)OCO3)c2c(O)cc(C)oc2=O)c(OC)c2c1OCO2. The zero-order valence-corrected chi connectivity index (χ0v) is 19.7. The molecule has 0 spiro atoms. The van der Waals surface area contributed by atoms with E-state index in [1.54, 1.807) is 24.3 Å². The fraction of sp³-hybridized carbons (Fsp3) is 0.280. The highest BCUT2D eigenvalue weighted by molar-refractivity contribution is 5.92. The molecular weight excluding hydrogens is 474 g/mol. The van der Waals surface area contributed by atoms with Crippen LogP contribution in [0, 0.1) is 6.92 Å². The Balaban J connectivity index is 1.58. The summed E-state index contributed by atoms with van der Waals surface area (Å²) in [4.78, 5) is 26.1. The molecule has 2 aliphatic rings. The van der Waals surface area contributed by atoms with E-state index in [0.29, 0.717) is 34.2 Å². The number of aryl methyl sites for hydroxylation is 1. The lowest BCUT2D eigenvalue weighted by Crippen LogP contribution is -2.21. The first-order valence-electron chi connectivity index (χ1n) is 11.0. The van der Waals surface area contributed by atoms with Crippen LogP contribution in [0.15, 0.2) is 39.5 Å². The summed E-state index contributed by atoms with van der Waals surface area (Å²) in [5.41, 5.74) is -0.0583. The Morgan fingerprint density at radius 1 is 1.03 bits per heavy atom. The molecule has 1 atom stereocenters. The van der Waals surface area contributed by atoms with Crippen molar-refractivity contribution in [1.82, 2.24) is 0 Å². The summed E-state index contributed by atoms with van der Waals surface area (Å²) in [5.74, 6) is 0.702. The lowest BCUT2D eigenvalue weighted by Gasteiger charge is -2.22. The minimum atomic E-state index is -0.991. The van der Waals surface area contributed by atoms with Gasteiger partial charge in [0.2, 0.25) is 31.0 Å². The minimum absolute atomic E-state index is 0.0569. The van der Waals surface area contributed by atoms with Crippen LogP contribution in [0.1, 0.15) is 29.2 Å². The zero-order valence-electron chi connectivity index (χ0n) is 19.7. The molecular formula is C25H23NO10. The van der Waals surface area contributed by atoms with Crippen LogP contribution in [0.4, 0.5) is 5.69 Å². The molecule has 0 saturated heterocycles. The Kier molecular flexibility index (Phi) is 5.96. The number of benzene rings is 2. The molecule has 0 radical (unpaired) electrons. The van der Waals surface area contributed by atoms with Gasteiger partial charge in [0, 0.05) is 35.7 Å². The molecule has 0 saturated carbocycles. The summed E-state index contributed by atoms with van der Waals surface area (Å²) in [5, 5.41) is 13.5. The highest BCUT2D eigenvalue weighted by atomic mass is 16.7. The minimum Gasteiger partial charge on any atom is -0.507 e. The Hall–Kier alpha value is -4.54. The van der Waals surface area contributed by atoms with Gasteiger partial charge in [0.05, 0.1) is 19.8 Å². The van der Waals surface area contributed by atoms with Crippen LogP contribution in [0.2, 0.25) is 0 Å². The number of carbonyl (C=O) groups excluding carboxylic acids is 1. The van der Waals surface area contributed by atoms with Crippen molar-refractivity contribution in [3.63, 3.8) is 0 Å². The predicted octanol–water partition coefficient (Wildman–Crippen LogP) is 3.29. The Morgan fingerprint density at radius 3 is 2.53 bits per heavy atom. The van der Waals surface area contributed by atoms with Gasteiger partial charge >= 0.3 is 5.63 Å². The molecule has 11 heteroatoms. The fourth-order valence-corrected chi connectivity index (χ4v) is 4.32. The van der Waals surface area contributed by atoms with Crippen molar-refractivity contribution in [1.29, 1.82) is 0 Å². The molecule has 1 amide bonds. The summed E-state index contributed by atoms with van der Waals surface area (Å²) in [7, 11) is 2.88. The van der Waals surface area contributed by atoms with Crippen LogP contribution in [0.3, 0.4) is 0 Å². The van der Waals surface area contributed by atoms with Crippen LogP contribution in [0.5, 0.6) is 40.2 Å². The van der Waals surface area contributed by atoms with Gasteiger partial charge in [-0.2, -0.15) is 0 Å². The number of ether oxygens (including phenoxy) is 6. The van der Waals surface area contributed by atoms with Crippen LogP contribution in [-0.2, 0) is 4.79 Å². The van der Waals surface area contributed by atoms with Crippen molar-refractivity contribution in [2.24, 2.45) is 0 Å². The average molecular weight is 497 g/mol. The number of nitrogens with one attached hydrogen (secondary N) is 1. The molecule has 11 nitrogen and oxygen atoms in total. The van der Waals surface area contributed by atoms with E-state index in [4.69, 9.17) is 32.8 Å². The molecule has 2 aromatic carbocycles. The predicted molar refractivity (Wildman–Crippen MR) is 125 cm³/mol. The van der Waals surface area contributed by atoms with Crippen molar-refractivity contribution in [3.8, 4) is 40.2 Å². The number of rotatable bonds is 7. The number of hydrogen-bond acceptors (Lipinski definition) is 10. The van der Waals surface area contributed by atoms with E-state index < -0.39 is 17.5 Å². The molecule has 0 fully saturated rings. The molecule has 0 unspecified atom stereocenters. The van der Waals surface area contributed by atoms with Crippen molar-refractivity contribution >= 4 is 11.6 Å². The summed E-state index contributed by atoms with van der Waals surface area (Å²) in [6, 6.07) is 7.89. The van der Waals surface area contributed by atoms with Crippen LogP contribution in [-0.4, -0.2) is 38.8 Å². The maximum absolute atomic E-state index is 13.2. The lowest BCUT2D eigenvalue weighted by molar-refractivity contribution is -0.116. The van der Waals surface area contributed by atoms with Crippen LogP contribution in [0.25, 0.3) is 0 Å². The third-order valence-electron chi connectivity index (χ3n) is 5.87. The summed E-state index contributed by atoms with van der Waals surface area (Å²) in [6.45, 7) is 1.58. The molecule has 1 aromatic heterocycles. The van der Waals surface area contributed by atoms with Gasteiger partial charge < -0.3 is 43.3 Å². The summed E-state index contributed by atoms with van der Waals surface area (Å²) >= 11 is 0. The molecule has 5 rings (SSSR count). The van der Waals surface area contributed by atoms with Crippen molar-refractivity contribution in [2.75, 3.05) is 33.1 Å². The molecule has 0 aliphatic carbocycles. The smallest absolute Gasteiger partial charge is 0.343 e. The number of carbonyl (C=O) groups is 1. The van der Waals surface area contributed by atoms with E-state index in [0.717, 1.165) is 0 Å². The van der Waals surface area contributed by atoms with Gasteiger partial charge in [-0.1, -0.05) is 0 Å². The van der Waals surface area contributed by atoms with E-state index in [2.05, 4.69) is 5.32 Å². The molecule has 3 heterocycles. The van der Waals surface area contributed by atoms with E-state index >= 15 is 0 Å². The Bertz CT molecular complexity index is 1400. The third kappa shape index (κ3) is 4.08. The van der Waals surface area contributed by atoms with Gasteiger partial charge in [0.25, 0.3) is 0 Å². The van der Waals surface area contributed by atoms with Crippen molar-refractivity contribution in [2.45, 2.75) is 19.3 Å². The maximum Gasteiger partial charge on any atom is 0.343 e. The number of anilines is 1. The van der Waals surface area contributed by atoms with Crippen molar-refractivity contribution in [3.05, 3.63) is 57.6 Å². The molecule has 0 bridgehead atoms. The fourth-order valence-electron chi connectivity index (χ4n) is 4.32. The number of methoxy groups -OCH3 is 2. The summed E-state index contributed by atoms with van der Waals surface area (Å²) in [6.07, 6.45) is -0.255. The Morgan fingerprint density at radius 2 is 1.78 bits per heavy atom. The quantitative estimate of drug-likeness (QED) is 0.501. The lowest BCUT2D eigenvalue weighted by atomic mass is 9.87. The van der Waals surface area contributed by atoms with Crippen molar-refractivity contribution < 1.29 is 42.7 Å². The van der Waals surface area contributed by atoms with Gasteiger partial charge in [-0.3, -0.25) is 4.79 Å². The van der Waals surface area contributed by atoms with Gasteiger partial charge in [-0.05, 0) is 25.1 Å². The second-order valence-electron chi connectivity index (χ2n) is 8.08. The van der Waals surface area contributed by atoms with Crippen LogP contribution < -0.4 is 39.4 Å². The van der Waals surface area contributed by atoms with E-state index in [1.807, 2.05) is 0 Å². The van der Waals surface area contributed by atoms with E-state index in [9.17, 15) is 14.7 Å². The van der Waals surface area contributed by atoms with Gasteiger partial charge in [-0.25, -0.2) is 4.79 Å². The average Bonchev–Trinajstić information content (AvgIpc) is 3.51. The second kappa shape index (κ2) is 9.25. The first kappa shape index (κ1) is 23.2. The first-order valence-corrected chi connectivity index (χ1v) is 11.0. The van der Waals surface area contributed by atoms with E-state index in [-0.39, 0.29) is 48.6 Å². The monoisotopic (exact) mass is 497 g/mol. The molecule has 2 N–H and O–H groups in total. The molecule has 36 heavy (non-hydrogen) atoms. The van der Waals surface area contributed by atoms with E-state index in [1.165, 1.54) is 27.2 Å². The number of aromatic hydroxyl groups is 1. The molecule has 188 valence electrons. The van der Waals surface area contributed by atoms with Gasteiger partial charge in [0.15, 0.2) is 23.0 Å². The van der Waals surface area contributed by atoms with Gasteiger partial charge in [0.1, 0.15) is 11.5 Å². The number of amides is 1. The third-order valence-corrected chi connectivity index (χ3v) is 5.87. The number of hydrogen-bond donors (Lipinski definition) is 2. The molecule has 3 aromatic rings. The highest BCUT2D eigenvalue weighted by Crippen LogP contribution is 2.53. The normalized spacial score (nSPS) is 13.9.